The molecular weight excluding hydrogens is 536 g/mol. The minimum atomic E-state index is -3.90. The molecule has 2 aromatic carbocycles. The lowest BCUT2D eigenvalue weighted by Gasteiger charge is -2.27. The number of carbonyl (C=O) groups is 1. The number of aryl methyl sites for hydroxylation is 2. The number of halogens is 1. The zero-order chi connectivity index (χ0) is 25.2. The Hall–Kier alpha value is -2.95. The summed E-state index contributed by atoms with van der Waals surface area (Å²) < 4.78 is 40.8. The Morgan fingerprint density at radius 3 is 2.71 bits per heavy atom. The summed E-state index contributed by atoms with van der Waals surface area (Å²) in [7, 11) is -3.90. The highest BCUT2D eigenvalue weighted by atomic mass is 79.9. The van der Waals surface area contributed by atoms with Gasteiger partial charge in [-0.1, -0.05) is 18.2 Å². The summed E-state index contributed by atoms with van der Waals surface area (Å²) in [5.74, 6) is 0.259. The minimum Gasteiger partial charge on any atom is -0.482 e. The number of rotatable bonds is 8. The van der Waals surface area contributed by atoms with E-state index in [0.29, 0.717) is 28.8 Å². The number of nitrogens with zero attached hydrogens (tertiary/aromatic N) is 1. The largest absolute Gasteiger partial charge is 0.482 e. The molecule has 0 bridgehead atoms. The lowest BCUT2D eigenvalue weighted by Crippen LogP contribution is -2.31. The van der Waals surface area contributed by atoms with E-state index in [9.17, 15) is 13.2 Å². The summed E-state index contributed by atoms with van der Waals surface area (Å²) in [6, 6.07) is 11.9. The molecule has 0 aliphatic heterocycles. The Balaban J connectivity index is 1.54. The number of aromatic nitrogens is 1. The number of nitrogens with one attached hydrogen (secondary N) is 1. The Bertz CT molecular complexity index is 1380. The predicted molar refractivity (Wildman–Crippen MR) is 134 cm³/mol. The van der Waals surface area contributed by atoms with Gasteiger partial charge in [0.1, 0.15) is 16.4 Å². The van der Waals surface area contributed by atoms with Crippen LogP contribution in [0, 0.1) is 13.8 Å². The summed E-state index contributed by atoms with van der Waals surface area (Å²) in [5, 5.41) is 8.92. The van der Waals surface area contributed by atoms with Gasteiger partial charge in [-0.2, -0.15) is 0 Å². The summed E-state index contributed by atoms with van der Waals surface area (Å²) in [6.45, 7) is 3.54. The van der Waals surface area contributed by atoms with E-state index in [1.54, 1.807) is 12.1 Å². The number of fused-ring (bicyclic) bond motifs is 1. The molecule has 0 spiro atoms. The molecule has 184 valence electrons. The van der Waals surface area contributed by atoms with Gasteiger partial charge in [0.2, 0.25) is 15.9 Å². The number of hydrogen-bond donors (Lipinski definition) is 2. The molecule has 0 amide bonds. The minimum absolute atomic E-state index is 0.00205. The topological polar surface area (TPSA) is 115 Å². The Kier molecular flexibility index (Phi) is 7.44. The highest BCUT2D eigenvalue weighted by Gasteiger charge is 2.28. The van der Waals surface area contributed by atoms with Crippen LogP contribution in [0.2, 0.25) is 0 Å². The van der Waals surface area contributed by atoms with Gasteiger partial charge in [0.25, 0.3) is 0 Å². The van der Waals surface area contributed by atoms with Crippen LogP contribution in [0.5, 0.6) is 17.4 Å². The molecule has 1 aliphatic rings. The summed E-state index contributed by atoms with van der Waals surface area (Å²) >= 11 is 3.38. The molecule has 0 saturated carbocycles. The number of aliphatic carboxylic acids is 1. The number of sulfonamides is 1. The van der Waals surface area contributed by atoms with Crippen molar-refractivity contribution in [3.8, 4) is 17.4 Å². The highest BCUT2D eigenvalue weighted by Crippen LogP contribution is 2.37. The fourth-order valence-corrected chi connectivity index (χ4v) is 5.79. The number of carboxylic acid groups (broad SMARTS) is 1. The summed E-state index contributed by atoms with van der Waals surface area (Å²) in [6.07, 6.45) is 3.29. The van der Waals surface area contributed by atoms with Gasteiger partial charge >= 0.3 is 5.97 Å². The quantitative estimate of drug-likeness (QED) is 0.395. The average molecular weight is 561 g/mol. The maximum atomic E-state index is 13.2. The second-order valence-electron chi connectivity index (χ2n) is 8.38. The second-order valence-corrected chi connectivity index (χ2v) is 10.9. The third-order valence-electron chi connectivity index (χ3n) is 5.90. The van der Waals surface area contributed by atoms with Gasteiger partial charge in [0.15, 0.2) is 6.61 Å². The monoisotopic (exact) mass is 560 g/mol. The van der Waals surface area contributed by atoms with E-state index in [4.69, 9.17) is 14.6 Å². The van der Waals surface area contributed by atoms with Crippen molar-refractivity contribution in [3.05, 3.63) is 75.4 Å². The van der Waals surface area contributed by atoms with Crippen LogP contribution in [0.25, 0.3) is 0 Å². The van der Waals surface area contributed by atoms with E-state index in [-0.39, 0.29) is 10.8 Å². The van der Waals surface area contributed by atoms with Crippen LogP contribution in [0.15, 0.2) is 58.0 Å². The molecule has 3 aromatic rings. The molecule has 0 radical (unpaired) electrons. The third-order valence-corrected chi connectivity index (χ3v) is 7.91. The lowest BCUT2D eigenvalue weighted by molar-refractivity contribution is -0.139. The highest BCUT2D eigenvalue weighted by molar-refractivity contribution is 9.10. The fraction of sp³-hybridized carbons (Fsp3) is 0.280. The molecule has 35 heavy (non-hydrogen) atoms. The van der Waals surface area contributed by atoms with E-state index in [2.05, 4.69) is 25.6 Å². The number of pyridine rings is 1. The van der Waals surface area contributed by atoms with Crippen molar-refractivity contribution in [1.29, 1.82) is 0 Å². The number of hydrogen-bond acceptors (Lipinski definition) is 6. The zero-order valence-corrected chi connectivity index (χ0v) is 21.6. The fourth-order valence-electron chi connectivity index (χ4n) is 3.99. The maximum absolute atomic E-state index is 13.2. The first-order chi connectivity index (χ1) is 16.6. The molecular formula is C25H25BrN2O6S. The van der Waals surface area contributed by atoms with Crippen LogP contribution in [0.4, 0.5) is 0 Å². The maximum Gasteiger partial charge on any atom is 0.341 e. The van der Waals surface area contributed by atoms with Gasteiger partial charge in [-0.05, 0) is 95.6 Å². The van der Waals surface area contributed by atoms with Crippen LogP contribution in [0.3, 0.4) is 0 Å². The second kappa shape index (κ2) is 10.3. The standard InChI is InChI=1S/C25H25BrN2O6S/c1-15-9-10-17(11-16(15)2)34-25-21(26)12-18(13-27-25)35(31,32)28-22-7-3-6-20-19(22)5-4-8-23(20)33-14-24(29)30/h4-5,8-13,22,28H,3,6-7,14H2,1-2H3,(H,29,30). The smallest absolute Gasteiger partial charge is 0.341 e. The molecule has 1 atom stereocenters. The Labute approximate surface area is 212 Å². The zero-order valence-electron chi connectivity index (χ0n) is 19.2. The van der Waals surface area contributed by atoms with Crippen molar-refractivity contribution < 1.29 is 27.8 Å². The van der Waals surface area contributed by atoms with Crippen molar-refractivity contribution in [3.63, 3.8) is 0 Å². The van der Waals surface area contributed by atoms with Crippen molar-refractivity contribution in [2.75, 3.05) is 6.61 Å². The van der Waals surface area contributed by atoms with E-state index in [0.717, 1.165) is 28.7 Å². The van der Waals surface area contributed by atoms with Crippen LogP contribution in [-0.4, -0.2) is 31.1 Å². The predicted octanol–water partition coefficient (Wildman–Crippen LogP) is 5.07. The number of benzene rings is 2. The summed E-state index contributed by atoms with van der Waals surface area (Å²) in [4.78, 5) is 15.1. The SMILES string of the molecule is Cc1ccc(Oc2ncc(S(=O)(=O)NC3CCCc4c(OCC(=O)O)cccc43)cc2Br)cc1C. The molecule has 0 fully saturated rings. The van der Waals surface area contributed by atoms with Crippen molar-refractivity contribution in [2.45, 2.75) is 44.0 Å². The average Bonchev–Trinajstić information content (AvgIpc) is 2.81. The van der Waals surface area contributed by atoms with E-state index in [1.165, 1.54) is 12.3 Å². The first kappa shape index (κ1) is 25.2. The normalized spacial score (nSPS) is 15.3. The Morgan fingerprint density at radius 2 is 2.00 bits per heavy atom. The van der Waals surface area contributed by atoms with E-state index in [1.807, 2.05) is 38.1 Å². The molecule has 1 unspecified atom stereocenters. The van der Waals surface area contributed by atoms with Crippen molar-refractivity contribution in [1.82, 2.24) is 9.71 Å². The molecule has 1 heterocycles. The first-order valence-electron chi connectivity index (χ1n) is 11.0. The van der Waals surface area contributed by atoms with Gasteiger partial charge in [-0.3, -0.25) is 0 Å². The van der Waals surface area contributed by atoms with Gasteiger partial charge in [-0.15, -0.1) is 0 Å². The van der Waals surface area contributed by atoms with Gasteiger partial charge in [0.05, 0.1) is 10.7 Å². The van der Waals surface area contributed by atoms with Crippen molar-refractivity contribution in [2.24, 2.45) is 0 Å². The first-order valence-corrected chi connectivity index (χ1v) is 13.3. The van der Waals surface area contributed by atoms with Gasteiger partial charge in [-0.25, -0.2) is 22.9 Å². The molecule has 8 nitrogen and oxygen atoms in total. The lowest BCUT2D eigenvalue weighted by atomic mass is 9.87. The van der Waals surface area contributed by atoms with Gasteiger partial charge in [0, 0.05) is 6.04 Å². The van der Waals surface area contributed by atoms with Crippen LogP contribution >= 0.6 is 15.9 Å². The van der Waals surface area contributed by atoms with Crippen LogP contribution in [0.1, 0.15) is 41.1 Å². The molecule has 10 heteroatoms. The Morgan fingerprint density at radius 1 is 1.20 bits per heavy atom. The van der Waals surface area contributed by atoms with Crippen LogP contribution < -0.4 is 14.2 Å². The number of ether oxygens (including phenoxy) is 2. The molecule has 0 saturated heterocycles. The number of carboxylic acids is 1. The molecule has 4 rings (SSSR count). The molecule has 2 N–H and O–H groups in total. The van der Waals surface area contributed by atoms with Crippen LogP contribution in [-0.2, 0) is 21.2 Å². The third kappa shape index (κ3) is 5.83. The summed E-state index contributed by atoms with van der Waals surface area (Å²) in [5.41, 5.74) is 3.82. The van der Waals surface area contributed by atoms with Gasteiger partial charge < -0.3 is 14.6 Å². The van der Waals surface area contributed by atoms with E-state index < -0.39 is 28.6 Å². The molecule has 1 aromatic heterocycles. The molecule has 1 aliphatic carbocycles. The van der Waals surface area contributed by atoms with Crippen molar-refractivity contribution >= 4 is 31.9 Å². The van der Waals surface area contributed by atoms with E-state index >= 15 is 0 Å².